The fraction of sp³-hybridized carbons (Fsp3) is 0.923. The van der Waals surface area contributed by atoms with Crippen molar-refractivity contribution >= 4 is 5.78 Å². The zero-order valence-corrected chi connectivity index (χ0v) is 11.0. The van der Waals surface area contributed by atoms with E-state index in [-0.39, 0.29) is 5.78 Å². The largest absolute Gasteiger partial charge is 0.310 e. The molecule has 0 amide bonds. The third kappa shape index (κ3) is 11.7. The smallest absolute Gasteiger partial charge is 0.160 e. The first-order chi connectivity index (χ1) is 7.81. The van der Waals surface area contributed by atoms with Crippen molar-refractivity contribution in [1.29, 1.82) is 0 Å². The van der Waals surface area contributed by atoms with Crippen LogP contribution in [0.1, 0.15) is 52.4 Å². The minimum Gasteiger partial charge on any atom is -0.310 e. The Morgan fingerprint density at radius 2 is 1.25 bits per heavy atom. The van der Waals surface area contributed by atoms with Gasteiger partial charge in [-0.2, -0.15) is 0 Å². The van der Waals surface area contributed by atoms with Gasteiger partial charge in [-0.3, -0.25) is 4.79 Å². The predicted octanol–water partition coefficient (Wildman–Crippen LogP) is 2.12. The van der Waals surface area contributed by atoms with Crippen molar-refractivity contribution in [3.05, 3.63) is 0 Å². The molecular weight excluding hydrogens is 200 g/mol. The Kier molecular flexibility index (Phi) is 12.3. The maximum Gasteiger partial charge on any atom is 0.160 e. The number of nitrogens with one attached hydrogen (secondary N) is 2. The second-order valence-electron chi connectivity index (χ2n) is 4.31. The molecule has 0 aromatic rings. The van der Waals surface area contributed by atoms with Gasteiger partial charge in [0.25, 0.3) is 0 Å². The molecule has 16 heavy (non-hydrogen) atoms. The number of carbonyl (C=O) groups is 1. The van der Waals surface area contributed by atoms with Crippen molar-refractivity contribution in [3.63, 3.8) is 0 Å². The average Bonchev–Trinajstić information content (AvgIpc) is 2.28. The molecule has 0 aromatic heterocycles. The van der Waals surface area contributed by atoms with Crippen molar-refractivity contribution in [2.24, 2.45) is 0 Å². The molecule has 2 N–H and O–H groups in total. The van der Waals surface area contributed by atoms with E-state index in [9.17, 15) is 4.79 Å². The quantitative estimate of drug-likeness (QED) is 0.503. The standard InChI is InChI=1S/C13H28N2O/c1-3-5-7-9-14-11-13(16)12-15-10-8-6-4-2/h14-15H,3-12H2,1-2H3. The van der Waals surface area contributed by atoms with Gasteiger partial charge in [0.1, 0.15) is 0 Å². The minimum atomic E-state index is 0.271. The fourth-order valence-corrected chi connectivity index (χ4v) is 1.52. The Morgan fingerprint density at radius 1 is 0.812 bits per heavy atom. The van der Waals surface area contributed by atoms with Crippen LogP contribution in [0.25, 0.3) is 0 Å². The van der Waals surface area contributed by atoms with Crippen LogP contribution in [0.5, 0.6) is 0 Å². The molecule has 0 saturated carbocycles. The van der Waals surface area contributed by atoms with Gasteiger partial charge in [0.15, 0.2) is 5.78 Å². The van der Waals surface area contributed by atoms with Gasteiger partial charge < -0.3 is 10.6 Å². The van der Waals surface area contributed by atoms with E-state index in [2.05, 4.69) is 24.5 Å². The zero-order valence-electron chi connectivity index (χ0n) is 11.0. The Morgan fingerprint density at radius 3 is 1.62 bits per heavy atom. The summed E-state index contributed by atoms with van der Waals surface area (Å²) in [7, 11) is 0. The third-order valence-corrected chi connectivity index (χ3v) is 2.56. The molecule has 0 saturated heterocycles. The number of ketones is 1. The van der Waals surface area contributed by atoms with Crippen LogP contribution in [0, 0.1) is 0 Å². The van der Waals surface area contributed by atoms with Crippen LogP contribution < -0.4 is 10.6 Å². The molecule has 0 radical (unpaired) electrons. The summed E-state index contributed by atoms with van der Waals surface area (Å²) in [6.45, 7) is 7.34. The third-order valence-electron chi connectivity index (χ3n) is 2.56. The molecular formula is C13H28N2O. The highest BCUT2D eigenvalue weighted by Crippen LogP contribution is 1.91. The van der Waals surface area contributed by atoms with Crippen LogP contribution in [-0.4, -0.2) is 32.0 Å². The maximum atomic E-state index is 11.4. The lowest BCUT2D eigenvalue weighted by atomic mass is 10.2. The lowest BCUT2D eigenvalue weighted by Gasteiger charge is -2.05. The maximum absolute atomic E-state index is 11.4. The molecule has 96 valence electrons. The summed E-state index contributed by atoms with van der Waals surface area (Å²) >= 11 is 0. The molecule has 3 nitrogen and oxygen atoms in total. The second-order valence-corrected chi connectivity index (χ2v) is 4.31. The predicted molar refractivity (Wildman–Crippen MR) is 69.8 cm³/mol. The lowest BCUT2D eigenvalue weighted by molar-refractivity contribution is -0.117. The number of hydrogen-bond donors (Lipinski definition) is 2. The van der Waals surface area contributed by atoms with E-state index in [0.29, 0.717) is 13.1 Å². The van der Waals surface area contributed by atoms with Gasteiger partial charge in [0.2, 0.25) is 0 Å². The van der Waals surface area contributed by atoms with E-state index < -0.39 is 0 Å². The number of unbranched alkanes of at least 4 members (excludes halogenated alkanes) is 4. The van der Waals surface area contributed by atoms with Crippen LogP contribution in [-0.2, 0) is 4.79 Å². The van der Waals surface area contributed by atoms with Crippen molar-refractivity contribution < 1.29 is 4.79 Å². The topological polar surface area (TPSA) is 41.1 Å². The van der Waals surface area contributed by atoms with Crippen molar-refractivity contribution in [3.8, 4) is 0 Å². The molecule has 0 heterocycles. The molecule has 0 aromatic carbocycles. The van der Waals surface area contributed by atoms with Crippen LogP contribution in [0.2, 0.25) is 0 Å². The minimum absolute atomic E-state index is 0.271. The fourth-order valence-electron chi connectivity index (χ4n) is 1.52. The van der Waals surface area contributed by atoms with Crippen molar-refractivity contribution in [1.82, 2.24) is 10.6 Å². The summed E-state index contributed by atoms with van der Waals surface area (Å²) in [5.41, 5.74) is 0. The van der Waals surface area contributed by atoms with Gasteiger partial charge in [-0.25, -0.2) is 0 Å². The highest BCUT2D eigenvalue weighted by molar-refractivity contribution is 5.82. The van der Waals surface area contributed by atoms with Crippen LogP contribution in [0.15, 0.2) is 0 Å². The molecule has 0 rings (SSSR count). The van der Waals surface area contributed by atoms with Gasteiger partial charge in [-0.15, -0.1) is 0 Å². The summed E-state index contributed by atoms with van der Waals surface area (Å²) in [4.78, 5) is 11.4. The van der Waals surface area contributed by atoms with Crippen molar-refractivity contribution in [2.75, 3.05) is 26.2 Å². The van der Waals surface area contributed by atoms with E-state index in [1.807, 2.05) is 0 Å². The van der Waals surface area contributed by atoms with E-state index in [1.165, 1.54) is 38.5 Å². The van der Waals surface area contributed by atoms with Gasteiger partial charge in [0.05, 0.1) is 13.1 Å². The van der Waals surface area contributed by atoms with E-state index >= 15 is 0 Å². The first-order valence-corrected chi connectivity index (χ1v) is 6.74. The van der Waals surface area contributed by atoms with Crippen molar-refractivity contribution in [2.45, 2.75) is 52.4 Å². The van der Waals surface area contributed by atoms with Gasteiger partial charge in [-0.05, 0) is 25.9 Å². The van der Waals surface area contributed by atoms with Crippen LogP contribution in [0.4, 0.5) is 0 Å². The Labute approximate surface area is 100 Å². The summed E-state index contributed by atoms with van der Waals surface area (Å²) in [5, 5.41) is 6.36. The second kappa shape index (κ2) is 12.7. The number of hydrogen-bond acceptors (Lipinski definition) is 3. The van der Waals surface area contributed by atoms with E-state index in [4.69, 9.17) is 0 Å². The average molecular weight is 228 g/mol. The highest BCUT2D eigenvalue weighted by atomic mass is 16.1. The van der Waals surface area contributed by atoms with Crippen LogP contribution >= 0.6 is 0 Å². The molecule has 3 heteroatoms. The number of carbonyl (C=O) groups excluding carboxylic acids is 1. The first-order valence-electron chi connectivity index (χ1n) is 6.74. The molecule has 0 spiro atoms. The molecule has 0 fully saturated rings. The van der Waals surface area contributed by atoms with Crippen LogP contribution in [0.3, 0.4) is 0 Å². The number of Topliss-reactive ketones (excluding diaryl/α,β-unsaturated/α-hetero) is 1. The lowest BCUT2D eigenvalue weighted by Crippen LogP contribution is -2.32. The first kappa shape index (κ1) is 15.6. The summed E-state index contributed by atoms with van der Waals surface area (Å²) in [5.74, 6) is 0.271. The Bertz CT molecular complexity index is 144. The normalized spacial score (nSPS) is 10.6. The van der Waals surface area contributed by atoms with Gasteiger partial charge in [0, 0.05) is 0 Å². The zero-order chi connectivity index (χ0) is 12.1. The van der Waals surface area contributed by atoms with E-state index in [1.54, 1.807) is 0 Å². The molecule has 0 aliphatic rings. The molecule has 0 unspecified atom stereocenters. The Balaban J connectivity index is 3.12. The highest BCUT2D eigenvalue weighted by Gasteiger charge is 1.99. The molecule has 0 aliphatic carbocycles. The summed E-state index contributed by atoms with van der Waals surface area (Å²) in [6, 6.07) is 0. The molecule has 0 bridgehead atoms. The van der Waals surface area contributed by atoms with E-state index in [0.717, 1.165) is 13.1 Å². The summed E-state index contributed by atoms with van der Waals surface area (Å²) < 4.78 is 0. The number of rotatable bonds is 12. The SMILES string of the molecule is CCCCCNCC(=O)CNCCCCC. The monoisotopic (exact) mass is 228 g/mol. The van der Waals surface area contributed by atoms with Gasteiger partial charge >= 0.3 is 0 Å². The molecule has 0 atom stereocenters. The van der Waals surface area contributed by atoms with Gasteiger partial charge in [-0.1, -0.05) is 39.5 Å². The Hall–Kier alpha value is -0.410. The molecule has 0 aliphatic heterocycles. The summed E-state index contributed by atoms with van der Waals surface area (Å²) in [6.07, 6.45) is 7.30.